The molecule has 3 rings (SSSR count). The van der Waals surface area contributed by atoms with Crippen LogP contribution in [0.3, 0.4) is 0 Å². The molecule has 1 N–H and O–H groups in total. The number of allylic oxidation sites excluding steroid dienone is 2. The van der Waals surface area contributed by atoms with Crippen molar-refractivity contribution in [3.8, 4) is 0 Å². The Morgan fingerprint density at radius 3 is 3.00 bits per heavy atom. The lowest BCUT2D eigenvalue weighted by atomic mass is 9.71. The lowest BCUT2D eigenvalue weighted by Gasteiger charge is -2.43. The highest BCUT2D eigenvalue weighted by atomic mass is 16.2. The summed E-state index contributed by atoms with van der Waals surface area (Å²) >= 11 is 0. The van der Waals surface area contributed by atoms with Gasteiger partial charge in [0.15, 0.2) is 0 Å². The molecule has 1 atom stereocenters. The number of H-pyrrole nitrogens is 1. The molecular formula is C15H20N2O. The fourth-order valence-corrected chi connectivity index (χ4v) is 3.33. The van der Waals surface area contributed by atoms with E-state index >= 15 is 0 Å². The summed E-state index contributed by atoms with van der Waals surface area (Å²) in [6.07, 6.45) is 12.3. The average Bonchev–Trinajstić information content (AvgIpc) is 2.93. The fourth-order valence-electron chi connectivity index (χ4n) is 3.33. The number of nitrogens with one attached hydrogen (secondary N) is 1. The molecule has 1 amide bonds. The van der Waals surface area contributed by atoms with Crippen molar-refractivity contribution in [1.82, 2.24) is 9.88 Å². The first-order chi connectivity index (χ1) is 8.79. The van der Waals surface area contributed by atoms with Crippen LogP contribution in [-0.4, -0.2) is 28.9 Å². The minimum atomic E-state index is 0.161. The van der Waals surface area contributed by atoms with E-state index in [0.717, 1.165) is 31.6 Å². The molecule has 2 heterocycles. The second-order valence-corrected chi connectivity index (χ2v) is 5.63. The normalized spacial score (nSPS) is 27.7. The Bertz CT molecular complexity index is 449. The molecule has 1 spiro atoms. The second-order valence-electron chi connectivity index (χ2n) is 5.63. The molecule has 96 valence electrons. The summed E-state index contributed by atoms with van der Waals surface area (Å²) in [5.74, 6) is 0.161. The molecule has 0 aromatic carbocycles. The molecule has 1 fully saturated rings. The number of hydrogen-bond acceptors (Lipinski definition) is 1. The lowest BCUT2D eigenvalue weighted by Crippen LogP contribution is -2.46. The van der Waals surface area contributed by atoms with Gasteiger partial charge in [-0.3, -0.25) is 4.79 Å². The Morgan fingerprint density at radius 2 is 2.28 bits per heavy atom. The van der Waals surface area contributed by atoms with E-state index in [0.29, 0.717) is 5.41 Å². The van der Waals surface area contributed by atoms with Crippen molar-refractivity contribution in [2.75, 3.05) is 13.1 Å². The monoisotopic (exact) mass is 244 g/mol. The van der Waals surface area contributed by atoms with Crippen molar-refractivity contribution in [2.24, 2.45) is 5.41 Å². The van der Waals surface area contributed by atoms with Crippen LogP contribution < -0.4 is 0 Å². The summed E-state index contributed by atoms with van der Waals surface area (Å²) in [5, 5.41) is 0. The molecule has 0 bridgehead atoms. The zero-order valence-electron chi connectivity index (χ0n) is 10.7. The maximum absolute atomic E-state index is 12.4. The summed E-state index contributed by atoms with van der Waals surface area (Å²) in [4.78, 5) is 17.4. The molecule has 3 heteroatoms. The zero-order chi connectivity index (χ0) is 12.4. The maximum Gasteiger partial charge on any atom is 0.270 e. The molecule has 0 radical (unpaired) electrons. The predicted octanol–water partition coefficient (Wildman–Crippen LogP) is 2.98. The van der Waals surface area contributed by atoms with Crippen molar-refractivity contribution >= 4 is 5.91 Å². The van der Waals surface area contributed by atoms with E-state index in [1.165, 1.54) is 19.3 Å². The van der Waals surface area contributed by atoms with Gasteiger partial charge in [0, 0.05) is 19.3 Å². The van der Waals surface area contributed by atoms with E-state index in [2.05, 4.69) is 17.1 Å². The van der Waals surface area contributed by atoms with Crippen molar-refractivity contribution in [1.29, 1.82) is 0 Å². The lowest BCUT2D eigenvalue weighted by molar-refractivity contribution is 0.0480. The van der Waals surface area contributed by atoms with Crippen LogP contribution in [0, 0.1) is 5.41 Å². The largest absolute Gasteiger partial charge is 0.357 e. The Hall–Kier alpha value is -1.51. The summed E-state index contributed by atoms with van der Waals surface area (Å²) in [7, 11) is 0. The summed E-state index contributed by atoms with van der Waals surface area (Å²) < 4.78 is 0. The standard InChI is InChI=1S/C15H20N2O/c18-14(13-6-4-10-16-13)17-11-5-9-15(12-17)7-2-1-3-8-15/h1-2,4,6,10,16H,3,5,7-9,11-12H2/t15-/m1/s1. The van der Waals surface area contributed by atoms with Crippen LogP contribution in [0.25, 0.3) is 0 Å². The summed E-state index contributed by atoms with van der Waals surface area (Å²) in [5.41, 5.74) is 1.08. The van der Waals surface area contributed by atoms with Crippen LogP contribution in [0.2, 0.25) is 0 Å². The van der Waals surface area contributed by atoms with Crippen molar-refractivity contribution in [3.63, 3.8) is 0 Å². The highest BCUT2D eigenvalue weighted by Gasteiger charge is 2.37. The molecule has 1 aromatic rings. The molecule has 2 aliphatic rings. The van der Waals surface area contributed by atoms with Gasteiger partial charge in [0.2, 0.25) is 0 Å². The predicted molar refractivity (Wildman–Crippen MR) is 71.4 cm³/mol. The van der Waals surface area contributed by atoms with Crippen molar-refractivity contribution in [2.45, 2.75) is 32.1 Å². The minimum absolute atomic E-state index is 0.161. The number of hydrogen-bond donors (Lipinski definition) is 1. The van der Waals surface area contributed by atoms with Gasteiger partial charge < -0.3 is 9.88 Å². The minimum Gasteiger partial charge on any atom is -0.357 e. The Labute approximate surface area is 108 Å². The number of nitrogens with zero attached hydrogens (tertiary/aromatic N) is 1. The molecule has 3 nitrogen and oxygen atoms in total. The van der Waals surface area contributed by atoms with Crippen LogP contribution in [0.15, 0.2) is 30.5 Å². The van der Waals surface area contributed by atoms with Gasteiger partial charge in [-0.15, -0.1) is 0 Å². The van der Waals surface area contributed by atoms with Crippen LogP contribution in [0.4, 0.5) is 0 Å². The number of rotatable bonds is 1. The van der Waals surface area contributed by atoms with Gasteiger partial charge in [-0.2, -0.15) is 0 Å². The van der Waals surface area contributed by atoms with Crippen LogP contribution >= 0.6 is 0 Å². The first-order valence-electron chi connectivity index (χ1n) is 6.87. The van der Waals surface area contributed by atoms with E-state index in [9.17, 15) is 4.79 Å². The van der Waals surface area contributed by atoms with E-state index in [4.69, 9.17) is 0 Å². The fraction of sp³-hybridized carbons (Fsp3) is 0.533. The number of carbonyl (C=O) groups is 1. The Balaban J connectivity index is 1.74. The summed E-state index contributed by atoms with van der Waals surface area (Å²) in [6.45, 7) is 1.83. The highest BCUT2D eigenvalue weighted by molar-refractivity contribution is 5.92. The van der Waals surface area contributed by atoms with Gasteiger partial charge in [0.05, 0.1) is 0 Å². The number of aromatic amines is 1. The maximum atomic E-state index is 12.4. The van der Waals surface area contributed by atoms with E-state index in [1.54, 1.807) is 0 Å². The number of piperidine rings is 1. The molecule has 1 aromatic heterocycles. The first-order valence-corrected chi connectivity index (χ1v) is 6.87. The Morgan fingerprint density at radius 1 is 1.33 bits per heavy atom. The van der Waals surface area contributed by atoms with Gasteiger partial charge in [0.25, 0.3) is 5.91 Å². The average molecular weight is 244 g/mol. The third-order valence-electron chi connectivity index (χ3n) is 4.34. The molecule has 0 unspecified atom stereocenters. The van der Waals surface area contributed by atoms with Gasteiger partial charge >= 0.3 is 0 Å². The number of likely N-dealkylation sites (tertiary alicyclic amines) is 1. The van der Waals surface area contributed by atoms with Crippen LogP contribution in [0.5, 0.6) is 0 Å². The molecule has 18 heavy (non-hydrogen) atoms. The third kappa shape index (κ3) is 2.09. The van der Waals surface area contributed by atoms with Crippen molar-refractivity contribution < 1.29 is 4.79 Å². The molecule has 1 aliphatic carbocycles. The molecule has 0 saturated carbocycles. The van der Waals surface area contributed by atoms with Gasteiger partial charge in [-0.1, -0.05) is 12.2 Å². The third-order valence-corrected chi connectivity index (χ3v) is 4.34. The molecule has 1 saturated heterocycles. The summed E-state index contributed by atoms with van der Waals surface area (Å²) in [6, 6.07) is 3.75. The number of aromatic nitrogens is 1. The van der Waals surface area contributed by atoms with Crippen LogP contribution in [-0.2, 0) is 0 Å². The second kappa shape index (κ2) is 4.63. The topological polar surface area (TPSA) is 36.1 Å². The van der Waals surface area contributed by atoms with E-state index in [1.807, 2.05) is 23.2 Å². The SMILES string of the molecule is O=C(c1ccc[nH]1)N1CCC[C@]2(CC=CCC2)C1. The van der Waals surface area contributed by atoms with Gasteiger partial charge in [-0.05, 0) is 49.7 Å². The van der Waals surface area contributed by atoms with E-state index < -0.39 is 0 Å². The van der Waals surface area contributed by atoms with Crippen LogP contribution in [0.1, 0.15) is 42.6 Å². The zero-order valence-corrected chi connectivity index (χ0v) is 10.7. The molecular weight excluding hydrogens is 224 g/mol. The quantitative estimate of drug-likeness (QED) is 0.757. The van der Waals surface area contributed by atoms with E-state index in [-0.39, 0.29) is 5.91 Å². The van der Waals surface area contributed by atoms with Gasteiger partial charge in [0.1, 0.15) is 5.69 Å². The number of carbonyl (C=O) groups excluding carboxylic acids is 1. The highest BCUT2D eigenvalue weighted by Crippen LogP contribution is 2.40. The Kier molecular flexibility index (Phi) is 2.98. The number of amides is 1. The van der Waals surface area contributed by atoms with Gasteiger partial charge in [-0.25, -0.2) is 0 Å². The molecule has 1 aliphatic heterocycles. The smallest absolute Gasteiger partial charge is 0.270 e. The first kappa shape index (κ1) is 11.6. The van der Waals surface area contributed by atoms with Crippen molar-refractivity contribution in [3.05, 3.63) is 36.2 Å².